The molecule has 1 heterocycles. The maximum atomic E-state index is 5.94. The second-order valence-electron chi connectivity index (χ2n) is 5.12. The smallest absolute Gasteiger partial charge is 0.127 e. The van der Waals surface area contributed by atoms with Crippen LogP contribution in [0.25, 0.3) is 0 Å². The van der Waals surface area contributed by atoms with Crippen LogP contribution in [0.15, 0.2) is 59.6 Å². The van der Waals surface area contributed by atoms with E-state index in [1.807, 2.05) is 66.4 Å². The molecule has 120 valence electrons. The van der Waals surface area contributed by atoms with Crippen LogP contribution >= 0.6 is 23.5 Å². The number of benzene rings is 2. The second-order valence-corrected chi connectivity index (χ2v) is 7.47. The van der Waals surface area contributed by atoms with Crippen molar-refractivity contribution in [2.45, 2.75) is 13.0 Å². The summed E-state index contributed by atoms with van der Waals surface area (Å²) in [7, 11) is 0. The van der Waals surface area contributed by atoms with Crippen molar-refractivity contribution in [3.63, 3.8) is 0 Å². The normalized spacial score (nSPS) is 15.1. The van der Waals surface area contributed by atoms with Gasteiger partial charge in [-0.1, -0.05) is 41.7 Å². The first-order chi connectivity index (χ1) is 11.3. The topological polar surface area (TPSA) is 30.8 Å². The highest BCUT2D eigenvalue weighted by Crippen LogP contribution is 2.26. The highest BCUT2D eigenvalue weighted by atomic mass is 32.2. The van der Waals surface area contributed by atoms with E-state index in [0.29, 0.717) is 0 Å². The van der Waals surface area contributed by atoms with E-state index in [1.54, 1.807) is 11.8 Å². The third kappa shape index (κ3) is 5.22. The Bertz CT molecular complexity index is 644. The summed E-state index contributed by atoms with van der Waals surface area (Å²) in [6.45, 7) is 3.03. The fraction of sp³-hybridized carbons (Fsp3) is 0.278. The minimum Gasteiger partial charge on any atom is -0.490 e. The lowest BCUT2D eigenvalue weighted by atomic mass is 10.3. The van der Waals surface area contributed by atoms with Crippen molar-refractivity contribution < 1.29 is 9.47 Å². The first-order valence-corrected chi connectivity index (χ1v) is 9.56. The predicted octanol–water partition coefficient (Wildman–Crippen LogP) is 5.08. The number of ether oxygens (including phenoxy) is 2. The zero-order chi connectivity index (χ0) is 15.9. The van der Waals surface area contributed by atoms with Crippen LogP contribution in [0.4, 0.5) is 0 Å². The lowest BCUT2D eigenvalue weighted by Gasteiger charge is -2.14. The molecule has 0 amide bonds. The van der Waals surface area contributed by atoms with Gasteiger partial charge in [-0.25, -0.2) is 0 Å². The molecule has 1 atom stereocenters. The highest BCUT2D eigenvalue weighted by molar-refractivity contribution is 8.39. The summed E-state index contributed by atoms with van der Waals surface area (Å²) in [5.41, 5.74) is 0. The van der Waals surface area contributed by atoms with Crippen LogP contribution in [0.3, 0.4) is 0 Å². The Morgan fingerprint density at radius 2 is 1.74 bits per heavy atom. The first-order valence-electron chi connectivity index (χ1n) is 7.59. The summed E-state index contributed by atoms with van der Waals surface area (Å²) in [5, 5.41) is 0. The van der Waals surface area contributed by atoms with Crippen molar-refractivity contribution in [1.29, 1.82) is 0 Å². The van der Waals surface area contributed by atoms with Crippen molar-refractivity contribution in [3.05, 3.63) is 54.6 Å². The van der Waals surface area contributed by atoms with Crippen LogP contribution in [0.2, 0.25) is 0 Å². The largest absolute Gasteiger partial charge is 0.490 e. The zero-order valence-corrected chi connectivity index (χ0v) is 14.6. The van der Waals surface area contributed by atoms with Gasteiger partial charge in [0.25, 0.3) is 0 Å². The predicted molar refractivity (Wildman–Crippen MR) is 100 cm³/mol. The Morgan fingerprint density at radius 1 is 1.04 bits per heavy atom. The van der Waals surface area contributed by atoms with E-state index in [2.05, 4.69) is 11.9 Å². The lowest BCUT2D eigenvalue weighted by Crippen LogP contribution is -2.15. The molecule has 0 saturated heterocycles. The van der Waals surface area contributed by atoms with Gasteiger partial charge in [-0.15, -0.1) is 0 Å². The summed E-state index contributed by atoms with van der Waals surface area (Å²) in [4.78, 5) is 4.44. The van der Waals surface area contributed by atoms with E-state index in [1.165, 1.54) is 4.38 Å². The number of para-hydroxylation sites is 1. The standard InChI is InChI=1S/C18H19NO2S2/c1-14(13-23-18-19-11-12-22-18)20-16-7-9-17(10-8-16)21-15-5-3-2-4-6-15/h2-10,14H,11-13H2,1H3. The van der Waals surface area contributed by atoms with Gasteiger partial charge < -0.3 is 9.47 Å². The highest BCUT2D eigenvalue weighted by Gasteiger charge is 2.11. The van der Waals surface area contributed by atoms with Gasteiger partial charge in [0.1, 0.15) is 27.7 Å². The number of nitrogens with zero attached hydrogens (tertiary/aromatic N) is 1. The maximum Gasteiger partial charge on any atom is 0.127 e. The van der Waals surface area contributed by atoms with Crippen molar-refractivity contribution in [2.24, 2.45) is 4.99 Å². The molecule has 3 nitrogen and oxygen atoms in total. The quantitative estimate of drug-likeness (QED) is 0.730. The van der Waals surface area contributed by atoms with Gasteiger partial charge in [-0.3, -0.25) is 4.99 Å². The maximum absolute atomic E-state index is 5.94. The van der Waals surface area contributed by atoms with Crippen LogP contribution in [-0.2, 0) is 0 Å². The fourth-order valence-electron chi connectivity index (χ4n) is 2.07. The molecule has 1 unspecified atom stereocenters. The summed E-state index contributed by atoms with van der Waals surface area (Å²) < 4.78 is 12.9. The minimum absolute atomic E-state index is 0.143. The Labute approximate surface area is 145 Å². The van der Waals surface area contributed by atoms with Crippen LogP contribution in [0.5, 0.6) is 17.2 Å². The van der Waals surface area contributed by atoms with Crippen molar-refractivity contribution in [3.8, 4) is 17.2 Å². The molecule has 0 aliphatic carbocycles. The summed E-state index contributed by atoms with van der Waals surface area (Å²) in [5.74, 6) is 4.52. The summed E-state index contributed by atoms with van der Waals surface area (Å²) in [6, 6.07) is 17.5. The third-order valence-electron chi connectivity index (χ3n) is 3.14. The Morgan fingerprint density at radius 3 is 2.43 bits per heavy atom. The molecule has 2 aromatic carbocycles. The summed E-state index contributed by atoms with van der Waals surface area (Å²) >= 11 is 3.61. The molecule has 0 spiro atoms. The lowest BCUT2D eigenvalue weighted by molar-refractivity contribution is 0.247. The fourth-order valence-corrected chi connectivity index (χ4v) is 4.02. The van der Waals surface area contributed by atoms with E-state index >= 15 is 0 Å². The molecule has 0 radical (unpaired) electrons. The molecule has 1 aliphatic heterocycles. The number of hydrogen-bond acceptors (Lipinski definition) is 5. The molecule has 2 aromatic rings. The number of thioether (sulfide) groups is 2. The van der Waals surface area contributed by atoms with Crippen molar-refractivity contribution in [2.75, 3.05) is 18.1 Å². The van der Waals surface area contributed by atoms with Crippen LogP contribution < -0.4 is 9.47 Å². The Balaban J connectivity index is 1.48. The molecule has 1 aliphatic rings. The third-order valence-corrected chi connectivity index (χ3v) is 5.62. The Hall–Kier alpha value is -1.59. The average molecular weight is 345 g/mol. The van der Waals surface area contributed by atoms with Gasteiger partial charge in [0.05, 0.1) is 6.54 Å². The van der Waals surface area contributed by atoms with E-state index in [4.69, 9.17) is 9.47 Å². The van der Waals surface area contributed by atoms with Crippen molar-refractivity contribution in [1.82, 2.24) is 0 Å². The molecule has 0 fully saturated rings. The first kappa shape index (κ1) is 16.3. The van der Waals surface area contributed by atoms with E-state index in [9.17, 15) is 0 Å². The molecule has 0 N–H and O–H groups in total. The molecular formula is C18H19NO2S2. The number of aliphatic imine (C=N–C) groups is 1. The van der Waals surface area contributed by atoms with Gasteiger partial charge in [-0.05, 0) is 43.3 Å². The molecule has 0 saturated carbocycles. The monoisotopic (exact) mass is 345 g/mol. The SMILES string of the molecule is CC(CSC1=NCCS1)Oc1ccc(Oc2ccccc2)cc1. The van der Waals surface area contributed by atoms with Crippen molar-refractivity contribution >= 4 is 27.9 Å². The van der Waals surface area contributed by atoms with Crippen LogP contribution in [0, 0.1) is 0 Å². The van der Waals surface area contributed by atoms with Gasteiger partial charge in [0.15, 0.2) is 0 Å². The minimum atomic E-state index is 0.143. The molecular weight excluding hydrogens is 326 g/mol. The van der Waals surface area contributed by atoms with E-state index in [0.717, 1.165) is 35.3 Å². The van der Waals surface area contributed by atoms with Gasteiger partial charge in [0.2, 0.25) is 0 Å². The molecule has 0 bridgehead atoms. The molecule has 0 aromatic heterocycles. The summed E-state index contributed by atoms with van der Waals surface area (Å²) in [6.07, 6.45) is 0.143. The van der Waals surface area contributed by atoms with Gasteiger partial charge in [-0.2, -0.15) is 0 Å². The molecule has 5 heteroatoms. The zero-order valence-electron chi connectivity index (χ0n) is 13.0. The Kier molecular flexibility index (Phi) is 5.88. The van der Waals surface area contributed by atoms with E-state index in [-0.39, 0.29) is 6.10 Å². The second kappa shape index (κ2) is 8.31. The van der Waals surface area contributed by atoms with E-state index < -0.39 is 0 Å². The van der Waals surface area contributed by atoms with Crippen LogP contribution in [0.1, 0.15) is 6.92 Å². The molecule has 3 rings (SSSR count). The number of hydrogen-bond donors (Lipinski definition) is 0. The number of rotatable bonds is 6. The van der Waals surface area contributed by atoms with Gasteiger partial charge >= 0.3 is 0 Å². The molecule has 23 heavy (non-hydrogen) atoms. The van der Waals surface area contributed by atoms with Gasteiger partial charge in [0, 0.05) is 11.5 Å². The van der Waals surface area contributed by atoms with Crippen LogP contribution in [-0.4, -0.2) is 28.5 Å². The average Bonchev–Trinajstić information content (AvgIpc) is 3.09.